The van der Waals surface area contributed by atoms with E-state index in [0.29, 0.717) is 6.04 Å². The molecule has 0 aliphatic carbocycles. The van der Waals surface area contributed by atoms with E-state index in [1.807, 2.05) is 19.1 Å². The molecule has 0 fully saturated rings. The maximum absolute atomic E-state index is 12.9. The van der Waals surface area contributed by atoms with Crippen molar-refractivity contribution in [2.24, 2.45) is 0 Å². The van der Waals surface area contributed by atoms with E-state index in [-0.39, 0.29) is 5.82 Å². The molecule has 0 aliphatic heterocycles. The van der Waals surface area contributed by atoms with E-state index in [4.69, 9.17) is 0 Å². The Morgan fingerprint density at radius 2 is 2.19 bits per heavy atom. The average molecular weight is 221 g/mol. The van der Waals surface area contributed by atoms with Crippen LogP contribution in [0.25, 0.3) is 6.08 Å². The summed E-state index contributed by atoms with van der Waals surface area (Å²) in [6.07, 6.45) is 5.28. The lowest BCUT2D eigenvalue weighted by atomic mass is 10.1. The predicted octanol–water partition coefficient (Wildman–Crippen LogP) is 3.54. The van der Waals surface area contributed by atoms with Gasteiger partial charge in [0.1, 0.15) is 5.82 Å². The van der Waals surface area contributed by atoms with Gasteiger partial charge in [-0.2, -0.15) is 0 Å². The van der Waals surface area contributed by atoms with Crippen molar-refractivity contribution >= 4 is 6.08 Å². The minimum atomic E-state index is -0.174. The van der Waals surface area contributed by atoms with E-state index in [9.17, 15) is 4.39 Å². The van der Waals surface area contributed by atoms with E-state index >= 15 is 0 Å². The van der Waals surface area contributed by atoms with Crippen LogP contribution >= 0.6 is 0 Å². The third-order valence-electron chi connectivity index (χ3n) is 2.51. The molecular formula is C14H20FN. The molecule has 0 radical (unpaired) electrons. The summed E-state index contributed by atoms with van der Waals surface area (Å²) in [5.74, 6) is -0.174. The van der Waals surface area contributed by atoms with Gasteiger partial charge in [-0.25, -0.2) is 4.39 Å². The quantitative estimate of drug-likeness (QED) is 0.802. The van der Waals surface area contributed by atoms with Gasteiger partial charge in [-0.3, -0.25) is 0 Å². The molecule has 0 heterocycles. The predicted molar refractivity (Wildman–Crippen MR) is 67.9 cm³/mol. The van der Waals surface area contributed by atoms with Gasteiger partial charge in [0.2, 0.25) is 0 Å². The summed E-state index contributed by atoms with van der Waals surface area (Å²) >= 11 is 0. The Morgan fingerprint density at radius 1 is 1.44 bits per heavy atom. The van der Waals surface area contributed by atoms with Crippen molar-refractivity contribution in [2.45, 2.75) is 33.2 Å². The lowest BCUT2D eigenvalue weighted by molar-refractivity contribution is 0.625. The largest absolute Gasteiger partial charge is 0.311 e. The molecule has 0 saturated heterocycles. The molecule has 0 aliphatic rings. The second-order valence-electron chi connectivity index (χ2n) is 4.10. The first-order valence-electron chi connectivity index (χ1n) is 5.81. The van der Waals surface area contributed by atoms with Gasteiger partial charge in [-0.05, 0) is 50.1 Å². The third kappa shape index (κ3) is 4.15. The molecule has 1 aromatic carbocycles. The highest BCUT2D eigenvalue weighted by molar-refractivity contribution is 5.53. The molecule has 1 aromatic rings. The highest BCUT2D eigenvalue weighted by Crippen LogP contribution is 2.12. The standard InChI is InChI=1S/C14H20FN/c1-4-9-16-12(3)5-6-13-7-8-14(15)10-11(13)2/h5-8,10,12,16H,4,9H2,1-3H3/b6-5+. The van der Waals surface area contributed by atoms with Crippen LogP contribution in [0.5, 0.6) is 0 Å². The second kappa shape index (κ2) is 6.44. The summed E-state index contributed by atoms with van der Waals surface area (Å²) in [5.41, 5.74) is 2.05. The highest BCUT2D eigenvalue weighted by atomic mass is 19.1. The Bertz CT molecular complexity index is 358. The molecule has 0 spiro atoms. The Labute approximate surface area is 97.4 Å². The SMILES string of the molecule is CCCNC(C)/C=C/c1ccc(F)cc1C. The molecule has 0 amide bonds. The number of nitrogens with one attached hydrogen (secondary N) is 1. The summed E-state index contributed by atoms with van der Waals surface area (Å²) in [5, 5.41) is 3.37. The summed E-state index contributed by atoms with van der Waals surface area (Å²) in [6, 6.07) is 5.22. The first kappa shape index (κ1) is 12.9. The van der Waals surface area contributed by atoms with Crippen LogP contribution in [0.3, 0.4) is 0 Å². The highest BCUT2D eigenvalue weighted by Gasteiger charge is 1.98. The van der Waals surface area contributed by atoms with Gasteiger partial charge in [-0.1, -0.05) is 25.1 Å². The second-order valence-corrected chi connectivity index (χ2v) is 4.10. The molecule has 88 valence electrons. The van der Waals surface area contributed by atoms with Crippen LogP contribution in [0.4, 0.5) is 4.39 Å². The van der Waals surface area contributed by atoms with Crippen molar-refractivity contribution in [3.05, 3.63) is 41.2 Å². The third-order valence-corrected chi connectivity index (χ3v) is 2.51. The van der Waals surface area contributed by atoms with Crippen LogP contribution < -0.4 is 5.32 Å². The van der Waals surface area contributed by atoms with Crippen LogP contribution in [0, 0.1) is 12.7 Å². The molecule has 2 heteroatoms. The number of rotatable bonds is 5. The number of halogens is 1. The van der Waals surface area contributed by atoms with Crippen LogP contribution in [0.2, 0.25) is 0 Å². The fourth-order valence-corrected chi connectivity index (χ4v) is 1.51. The number of benzene rings is 1. The number of hydrogen-bond donors (Lipinski definition) is 1. The monoisotopic (exact) mass is 221 g/mol. The maximum atomic E-state index is 12.9. The van der Waals surface area contributed by atoms with E-state index < -0.39 is 0 Å². The van der Waals surface area contributed by atoms with Gasteiger partial charge in [0.05, 0.1) is 0 Å². The Hall–Kier alpha value is -1.15. The van der Waals surface area contributed by atoms with Gasteiger partial charge >= 0.3 is 0 Å². The van der Waals surface area contributed by atoms with Gasteiger partial charge in [0.15, 0.2) is 0 Å². The van der Waals surface area contributed by atoms with Crippen LogP contribution in [-0.4, -0.2) is 12.6 Å². The first-order chi connectivity index (χ1) is 7.63. The molecule has 0 saturated carbocycles. The molecule has 1 rings (SSSR count). The molecule has 1 atom stereocenters. The average Bonchev–Trinajstić information content (AvgIpc) is 2.25. The minimum Gasteiger partial charge on any atom is -0.311 e. The Kier molecular flexibility index (Phi) is 5.20. The number of hydrogen-bond acceptors (Lipinski definition) is 1. The Morgan fingerprint density at radius 3 is 2.81 bits per heavy atom. The van der Waals surface area contributed by atoms with E-state index in [1.165, 1.54) is 6.07 Å². The molecule has 16 heavy (non-hydrogen) atoms. The van der Waals surface area contributed by atoms with E-state index in [0.717, 1.165) is 24.1 Å². The molecular weight excluding hydrogens is 201 g/mol. The number of aryl methyl sites for hydroxylation is 1. The summed E-state index contributed by atoms with van der Waals surface area (Å²) in [6.45, 7) is 7.21. The van der Waals surface area contributed by atoms with Crippen LogP contribution in [0.1, 0.15) is 31.4 Å². The molecule has 0 aromatic heterocycles. The van der Waals surface area contributed by atoms with Gasteiger partial charge < -0.3 is 5.32 Å². The van der Waals surface area contributed by atoms with Crippen LogP contribution in [0.15, 0.2) is 24.3 Å². The normalized spacial score (nSPS) is 13.2. The topological polar surface area (TPSA) is 12.0 Å². The smallest absolute Gasteiger partial charge is 0.123 e. The lowest BCUT2D eigenvalue weighted by Gasteiger charge is -2.08. The zero-order valence-corrected chi connectivity index (χ0v) is 10.3. The lowest BCUT2D eigenvalue weighted by Crippen LogP contribution is -2.24. The van der Waals surface area contributed by atoms with Crippen molar-refractivity contribution < 1.29 is 4.39 Å². The molecule has 1 N–H and O–H groups in total. The maximum Gasteiger partial charge on any atom is 0.123 e. The van der Waals surface area contributed by atoms with Crippen molar-refractivity contribution in [3.63, 3.8) is 0 Å². The van der Waals surface area contributed by atoms with Crippen molar-refractivity contribution in [3.8, 4) is 0 Å². The molecule has 0 bridgehead atoms. The van der Waals surface area contributed by atoms with Crippen molar-refractivity contribution in [1.82, 2.24) is 5.32 Å². The fraction of sp³-hybridized carbons (Fsp3) is 0.429. The fourth-order valence-electron chi connectivity index (χ4n) is 1.51. The van der Waals surface area contributed by atoms with Crippen molar-refractivity contribution in [1.29, 1.82) is 0 Å². The molecule has 1 nitrogen and oxygen atoms in total. The van der Waals surface area contributed by atoms with Gasteiger partial charge in [0, 0.05) is 6.04 Å². The minimum absolute atomic E-state index is 0.174. The van der Waals surface area contributed by atoms with E-state index in [2.05, 4.69) is 25.2 Å². The summed E-state index contributed by atoms with van der Waals surface area (Å²) < 4.78 is 12.9. The first-order valence-corrected chi connectivity index (χ1v) is 5.81. The zero-order valence-electron chi connectivity index (χ0n) is 10.3. The van der Waals surface area contributed by atoms with Gasteiger partial charge in [-0.15, -0.1) is 0 Å². The molecule has 1 unspecified atom stereocenters. The van der Waals surface area contributed by atoms with Gasteiger partial charge in [0.25, 0.3) is 0 Å². The summed E-state index contributed by atoms with van der Waals surface area (Å²) in [7, 11) is 0. The summed E-state index contributed by atoms with van der Waals surface area (Å²) in [4.78, 5) is 0. The van der Waals surface area contributed by atoms with Crippen molar-refractivity contribution in [2.75, 3.05) is 6.54 Å². The Balaban J connectivity index is 2.61. The van der Waals surface area contributed by atoms with E-state index in [1.54, 1.807) is 6.07 Å². The zero-order chi connectivity index (χ0) is 12.0. The van der Waals surface area contributed by atoms with Crippen LogP contribution in [-0.2, 0) is 0 Å².